The van der Waals surface area contributed by atoms with E-state index in [0.717, 1.165) is 15.9 Å². The molecule has 0 saturated heterocycles. The number of aromatic nitrogens is 2. The van der Waals surface area contributed by atoms with Gasteiger partial charge < -0.3 is 5.73 Å². The molecule has 17 heavy (non-hydrogen) atoms. The Labute approximate surface area is 109 Å². The van der Waals surface area contributed by atoms with Gasteiger partial charge in [0.25, 0.3) is 0 Å². The highest BCUT2D eigenvalue weighted by Gasteiger charge is 2.28. The van der Waals surface area contributed by atoms with Crippen molar-refractivity contribution in [3.63, 3.8) is 0 Å². The lowest BCUT2D eigenvalue weighted by molar-refractivity contribution is 0.785. The minimum Gasteiger partial charge on any atom is -0.325 e. The van der Waals surface area contributed by atoms with E-state index in [4.69, 9.17) is 5.73 Å². The van der Waals surface area contributed by atoms with E-state index in [1.807, 2.05) is 16.8 Å². The number of nitrogens with two attached hydrogens (primary N) is 1. The Kier molecular flexibility index (Phi) is 2.76. The first-order chi connectivity index (χ1) is 8.28. The lowest BCUT2D eigenvalue weighted by Gasteiger charge is -2.06. The van der Waals surface area contributed by atoms with Gasteiger partial charge in [-0.1, -0.05) is 22.0 Å². The maximum atomic E-state index is 5.68. The van der Waals surface area contributed by atoms with Crippen molar-refractivity contribution in [1.82, 2.24) is 9.78 Å². The molecule has 3 nitrogen and oxygen atoms in total. The summed E-state index contributed by atoms with van der Waals surface area (Å²) in [5.74, 6) is 0.668. The molecule has 1 saturated carbocycles. The van der Waals surface area contributed by atoms with Gasteiger partial charge in [0.2, 0.25) is 0 Å². The number of hydrogen-bond donors (Lipinski definition) is 1. The van der Waals surface area contributed by atoms with Crippen LogP contribution >= 0.6 is 15.9 Å². The van der Waals surface area contributed by atoms with Crippen LogP contribution in [-0.4, -0.2) is 9.78 Å². The molecule has 0 aliphatic heterocycles. The molecule has 0 radical (unpaired) electrons. The number of nitrogens with zero attached hydrogens (tertiary/aromatic N) is 2. The Bertz CT molecular complexity index is 543. The van der Waals surface area contributed by atoms with Gasteiger partial charge in [0.05, 0.1) is 11.4 Å². The second-order valence-electron chi connectivity index (χ2n) is 4.43. The van der Waals surface area contributed by atoms with Gasteiger partial charge in [-0.3, -0.25) is 0 Å². The Balaban J connectivity index is 2.09. The molecule has 0 bridgehead atoms. The molecule has 1 heterocycles. The van der Waals surface area contributed by atoms with Crippen LogP contribution in [0.5, 0.6) is 0 Å². The van der Waals surface area contributed by atoms with Crippen molar-refractivity contribution >= 4 is 15.9 Å². The summed E-state index contributed by atoms with van der Waals surface area (Å²) >= 11 is 3.49. The predicted octanol–water partition coefficient (Wildman–Crippen LogP) is 2.97. The lowest BCUT2D eigenvalue weighted by Crippen LogP contribution is -2.02. The molecule has 2 aromatic rings. The van der Waals surface area contributed by atoms with Crippen LogP contribution in [0.1, 0.15) is 30.1 Å². The Morgan fingerprint density at radius 2 is 2.18 bits per heavy atom. The van der Waals surface area contributed by atoms with Crippen LogP contribution in [0.25, 0.3) is 5.69 Å². The first-order valence-electron chi connectivity index (χ1n) is 5.83. The number of halogens is 1. The average Bonchev–Trinajstić information content (AvgIpc) is 3.08. The van der Waals surface area contributed by atoms with Crippen molar-refractivity contribution in [2.75, 3.05) is 0 Å². The minimum absolute atomic E-state index is 0.501. The highest BCUT2D eigenvalue weighted by Crippen LogP contribution is 2.41. The zero-order chi connectivity index (χ0) is 11.8. The van der Waals surface area contributed by atoms with E-state index < -0.39 is 0 Å². The molecule has 0 unspecified atom stereocenters. The SMILES string of the molecule is NCc1cc(C2CC2)n(-c2cccc(Br)c2)n1. The van der Waals surface area contributed by atoms with E-state index in [2.05, 4.69) is 39.2 Å². The summed E-state index contributed by atoms with van der Waals surface area (Å²) in [5.41, 5.74) is 9.03. The van der Waals surface area contributed by atoms with Crippen LogP contribution in [0.4, 0.5) is 0 Å². The van der Waals surface area contributed by atoms with E-state index >= 15 is 0 Å². The van der Waals surface area contributed by atoms with E-state index in [1.165, 1.54) is 18.5 Å². The standard InChI is InChI=1S/C13H14BrN3/c14-10-2-1-3-12(6-10)17-13(9-4-5-9)7-11(8-15)16-17/h1-3,6-7,9H,4-5,8,15H2. The van der Waals surface area contributed by atoms with E-state index in [-0.39, 0.29) is 0 Å². The maximum absolute atomic E-state index is 5.68. The molecule has 1 aliphatic carbocycles. The minimum atomic E-state index is 0.501. The maximum Gasteiger partial charge on any atom is 0.0767 e. The summed E-state index contributed by atoms with van der Waals surface area (Å²) in [5, 5.41) is 4.57. The van der Waals surface area contributed by atoms with Crippen LogP contribution in [0.3, 0.4) is 0 Å². The molecule has 2 N–H and O–H groups in total. The van der Waals surface area contributed by atoms with Crippen LogP contribution in [0.15, 0.2) is 34.8 Å². The van der Waals surface area contributed by atoms with Crippen molar-refractivity contribution in [1.29, 1.82) is 0 Å². The molecule has 1 aliphatic rings. The molecule has 88 valence electrons. The van der Waals surface area contributed by atoms with Gasteiger partial charge in [0, 0.05) is 22.6 Å². The summed E-state index contributed by atoms with van der Waals surface area (Å²) in [7, 11) is 0. The summed E-state index contributed by atoms with van der Waals surface area (Å²) in [6.07, 6.45) is 2.54. The highest BCUT2D eigenvalue weighted by atomic mass is 79.9. The fraction of sp³-hybridized carbons (Fsp3) is 0.308. The number of benzene rings is 1. The first kappa shape index (κ1) is 11.0. The quantitative estimate of drug-likeness (QED) is 0.945. The number of hydrogen-bond acceptors (Lipinski definition) is 2. The summed E-state index contributed by atoms with van der Waals surface area (Å²) in [6, 6.07) is 10.3. The van der Waals surface area contributed by atoms with Crippen molar-refractivity contribution in [3.8, 4) is 5.69 Å². The van der Waals surface area contributed by atoms with Crippen molar-refractivity contribution in [3.05, 3.63) is 46.2 Å². The molecule has 0 spiro atoms. The molecule has 1 fully saturated rings. The fourth-order valence-corrected chi connectivity index (χ4v) is 2.42. The monoisotopic (exact) mass is 291 g/mol. The third-order valence-corrected chi connectivity index (χ3v) is 3.54. The van der Waals surface area contributed by atoms with Gasteiger partial charge in [0.15, 0.2) is 0 Å². The molecule has 4 heteroatoms. The van der Waals surface area contributed by atoms with Crippen LogP contribution in [0, 0.1) is 0 Å². The molecule has 1 aromatic carbocycles. The van der Waals surface area contributed by atoms with E-state index in [0.29, 0.717) is 12.5 Å². The molecule has 3 rings (SSSR count). The van der Waals surface area contributed by atoms with Crippen molar-refractivity contribution in [2.24, 2.45) is 5.73 Å². The van der Waals surface area contributed by atoms with Gasteiger partial charge in [0.1, 0.15) is 0 Å². The molecular weight excluding hydrogens is 278 g/mol. The molecule has 0 amide bonds. The van der Waals surface area contributed by atoms with Gasteiger partial charge in [-0.25, -0.2) is 4.68 Å². The van der Waals surface area contributed by atoms with Crippen LogP contribution < -0.4 is 5.73 Å². The summed E-state index contributed by atoms with van der Waals surface area (Å²) in [6.45, 7) is 0.501. The zero-order valence-electron chi connectivity index (χ0n) is 9.44. The Hall–Kier alpha value is -1.13. The lowest BCUT2D eigenvalue weighted by atomic mass is 10.2. The van der Waals surface area contributed by atoms with E-state index in [1.54, 1.807) is 0 Å². The van der Waals surface area contributed by atoms with Gasteiger partial charge in [-0.2, -0.15) is 5.10 Å². The second kappa shape index (κ2) is 4.27. The van der Waals surface area contributed by atoms with Gasteiger partial charge >= 0.3 is 0 Å². The van der Waals surface area contributed by atoms with Crippen LogP contribution in [-0.2, 0) is 6.54 Å². The smallest absolute Gasteiger partial charge is 0.0767 e. The molecular formula is C13H14BrN3. The largest absolute Gasteiger partial charge is 0.325 e. The topological polar surface area (TPSA) is 43.8 Å². The van der Waals surface area contributed by atoms with Gasteiger partial charge in [-0.05, 0) is 37.1 Å². The molecule has 1 aromatic heterocycles. The zero-order valence-corrected chi connectivity index (χ0v) is 11.0. The fourth-order valence-electron chi connectivity index (χ4n) is 2.03. The predicted molar refractivity (Wildman–Crippen MR) is 71.1 cm³/mol. The Morgan fingerprint density at radius 1 is 1.35 bits per heavy atom. The summed E-state index contributed by atoms with van der Waals surface area (Å²) in [4.78, 5) is 0. The third-order valence-electron chi connectivity index (χ3n) is 3.05. The molecule has 0 atom stereocenters. The van der Waals surface area contributed by atoms with Gasteiger partial charge in [-0.15, -0.1) is 0 Å². The third kappa shape index (κ3) is 2.15. The number of rotatable bonds is 3. The van der Waals surface area contributed by atoms with E-state index in [9.17, 15) is 0 Å². The average molecular weight is 292 g/mol. The highest BCUT2D eigenvalue weighted by molar-refractivity contribution is 9.10. The normalized spacial score (nSPS) is 15.2. The Morgan fingerprint density at radius 3 is 2.82 bits per heavy atom. The second-order valence-corrected chi connectivity index (χ2v) is 5.35. The van der Waals surface area contributed by atoms with Crippen molar-refractivity contribution < 1.29 is 0 Å². The first-order valence-corrected chi connectivity index (χ1v) is 6.62. The van der Waals surface area contributed by atoms with Crippen LogP contribution in [0.2, 0.25) is 0 Å². The summed E-state index contributed by atoms with van der Waals surface area (Å²) < 4.78 is 3.10. The van der Waals surface area contributed by atoms with Crippen molar-refractivity contribution in [2.45, 2.75) is 25.3 Å².